The number of rotatable bonds is 0. The van der Waals surface area contributed by atoms with Crippen molar-refractivity contribution in [2.75, 3.05) is 0 Å². The molecule has 1 N–H and O–H groups in total. The zero-order valence-corrected chi connectivity index (χ0v) is 9.72. The normalized spacial score (nSPS) is 12.3. The van der Waals surface area contributed by atoms with Crippen molar-refractivity contribution in [1.82, 2.24) is 0 Å². The highest BCUT2D eigenvalue weighted by atomic mass is 35.5. The van der Waals surface area contributed by atoms with Crippen molar-refractivity contribution in [3.8, 4) is 5.75 Å². The van der Waals surface area contributed by atoms with E-state index >= 15 is 0 Å². The second kappa shape index (κ2) is 3.17. The quantitative estimate of drug-likeness (QED) is 0.731. The van der Waals surface area contributed by atoms with E-state index in [4.69, 9.17) is 16.0 Å². The molecule has 0 aliphatic heterocycles. The van der Waals surface area contributed by atoms with Crippen LogP contribution in [0.25, 0.3) is 11.0 Å². The van der Waals surface area contributed by atoms with Crippen LogP contribution in [0.15, 0.2) is 22.8 Å². The van der Waals surface area contributed by atoms with Crippen LogP contribution < -0.4 is 0 Å². The average molecular weight is 225 g/mol. The van der Waals surface area contributed by atoms with Crippen molar-refractivity contribution in [1.29, 1.82) is 0 Å². The first-order valence-electron chi connectivity index (χ1n) is 4.80. The van der Waals surface area contributed by atoms with Gasteiger partial charge in [-0.1, -0.05) is 32.4 Å². The Bertz CT molecular complexity index is 506. The number of fused-ring (bicyclic) bond motifs is 1. The molecular weight excluding hydrogens is 212 g/mol. The number of phenols is 1. The molecule has 0 saturated carbocycles. The van der Waals surface area contributed by atoms with Gasteiger partial charge in [0.25, 0.3) is 0 Å². The molecular formula is C12H13ClO2. The van der Waals surface area contributed by atoms with Crippen LogP contribution in [0.2, 0.25) is 5.02 Å². The molecule has 0 spiro atoms. The Morgan fingerprint density at radius 3 is 2.60 bits per heavy atom. The molecule has 0 unspecified atom stereocenters. The summed E-state index contributed by atoms with van der Waals surface area (Å²) in [5.41, 5.74) is 1.24. The van der Waals surface area contributed by atoms with Crippen LogP contribution in [-0.4, -0.2) is 5.11 Å². The summed E-state index contributed by atoms with van der Waals surface area (Å²) in [6.45, 7) is 6.10. The number of aromatic hydroxyl groups is 1. The Morgan fingerprint density at radius 2 is 2.00 bits per heavy atom. The predicted molar refractivity (Wildman–Crippen MR) is 61.6 cm³/mol. The summed E-state index contributed by atoms with van der Waals surface area (Å²) in [5.74, 6) is 0.260. The van der Waals surface area contributed by atoms with Crippen molar-refractivity contribution in [2.24, 2.45) is 0 Å². The van der Waals surface area contributed by atoms with Crippen molar-refractivity contribution >= 4 is 22.6 Å². The van der Waals surface area contributed by atoms with E-state index in [2.05, 4.69) is 0 Å². The van der Waals surface area contributed by atoms with E-state index < -0.39 is 0 Å². The van der Waals surface area contributed by atoms with Gasteiger partial charge in [0, 0.05) is 5.56 Å². The molecule has 2 nitrogen and oxygen atoms in total. The first-order chi connectivity index (χ1) is 6.91. The van der Waals surface area contributed by atoms with Crippen molar-refractivity contribution < 1.29 is 9.52 Å². The van der Waals surface area contributed by atoms with Crippen molar-refractivity contribution in [3.05, 3.63) is 29.0 Å². The van der Waals surface area contributed by atoms with Gasteiger partial charge in [0.05, 0.1) is 16.7 Å². The molecule has 1 aromatic carbocycles. The minimum Gasteiger partial charge on any atom is -0.507 e. The molecule has 0 aliphatic carbocycles. The third-order valence-electron chi connectivity index (χ3n) is 2.47. The largest absolute Gasteiger partial charge is 0.507 e. The summed E-state index contributed by atoms with van der Waals surface area (Å²) in [6, 6.07) is 3.49. The maximum absolute atomic E-state index is 10.1. The standard InChI is InChI=1S/C12H13ClO2/c1-12(2,3)8-6-9(13)11-7(10(8)14)4-5-15-11/h4-6,14H,1-3H3. The highest BCUT2D eigenvalue weighted by Gasteiger charge is 2.22. The van der Waals surface area contributed by atoms with Gasteiger partial charge >= 0.3 is 0 Å². The molecule has 0 amide bonds. The Hall–Kier alpha value is -1.15. The fourth-order valence-corrected chi connectivity index (χ4v) is 1.91. The number of hydrogen-bond donors (Lipinski definition) is 1. The third kappa shape index (κ3) is 1.59. The van der Waals surface area contributed by atoms with Gasteiger partial charge in [0.1, 0.15) is 5.75 Å². The maximum Gasteiger partial charge on any atom is 0.156 e. The van der Waals surface area contributed by atoms with Crippen molar-refractivity contribution in [2.45, 2.75) is 26.2 Å². The van der Waals surface area contributed by atoms with Gasteiger partial charge in [-0.05, 0) is 17.5 Å². The summed E-state index contributed by atoms with van der Waals surface area (Å²) in [4.78, 5) is 0. The summed E-state index contributed by atoms with van der Waals surface area (Å²) >= 11 is 6.08. The van der Waals surface area contributed by atoms with Crippen LogP contribution in [0.4, 0.5) is 0 Å². The Labute approximate surface area is 93.5 Å². The zero-order chi connectivity index (χ0) is 11.2. The molecule has 2 aromatic rings. The van der Waals surface area contributed by atoms with Crippen LogP contribution >= 0.6 is 11.6 Å². The molecule has 80 valence electrons. The van der Waals surface area contributed by atoms with Crippen LogP contribution in [0, 0.1) is 0 Å². The smallest absolute Gasteiger partial charge is 0.156 e. The molecule has 0 saturated heterocycles. The molecule has 0 bridgehead atoms. The number of benzene rings is 1. The van der Waals surface area contributed by atoms with Gasteiger partial charge in [0.15, 0.2) is 5.58 Å². The van der Waals surface area contributed by atoms with Crippen molar-refractivity contribution in [3.63, 3.8) is 0 Å². The van der Waals surface area contributed by atoms with Gasteiger partial charge in [-0.3, -0.25) is 0 Å². The molecule has 2 rings (SSSR count). The fourth-order valence-electron chi connectivity index (χ4n) is 1.66. The van der Waals surface area contributed by atoms with Crippen LogP contribution in [0.3, 0.4) is 0 Å². The van der Waals surface area contributed by atoms with Gasteiger partial charge in [-0.2, -0.15) is 0 Å². The van der Waals surface area contributed by atoms with E-state index in [1.807, 2.05) is 20.8 Å². The lowest BCUT2D eigenvalue weighted by molar-refractivity contribution is 0.452. The van der Waals surface area contributed by atoms with E-state index in [1.54, 1.807) is 12.1 Å². The second-order valence-corrected chi connectivity index (χ2v) is 5.08. The van der Waals surface area contributed by atoms with E-state index in [0.29, 0.717) is 16.0 Å². The minimum absolute atomic E-state index is 0.140. The number of hydrogen-bond acceptors (Lipinski definition) is 2. The van der Waals surface area contributed by atoms with Crippen LogP contribution in [0.1, 0.15) is 26.3 Å². The maximum atomic E-state index is 10.1. The molecule has 1 aromatic heterocycles. The minimum atomic E-state index is -0.140. The number of furan rings is 1. The predicted octanol–water partition coefficient (Wildman–Crippen LogP) is 4.09. The lowest BCUT2D eigenvalue weighted by Crippen LogP contribution is -2.11. The molecule has 0 aliphatic rings. The van der Waals surface area contributed by atoms with E-state index in [0.717, 1.165) is 5.56 Å². The van der Waals surface area contributed by atoms with E-state index in [9.17, 15) is 5.11 Å². The molecule has 0 fully saturated rings. The number of halogens is 1. The first-order valence-corrected chi connectivity index (χ1v) is 5.18. The Balaban J connectivity index is 2.83. The van der Waals surface area contributed by atoms with Crippen LogP contribution in [-0.2, 0) is 5.41 Å². The topological polar surface area (TPSA) is 33.4 Å². The lowest BCUT2D eigenvalue weighted by atomic mass is 9.85. The van der Waals surface area contributed by atoms with E-state index in [-0.39, 0.29) is 11.2 Å². The highest BCUT2D eigenvalue weighted by Crippen LogP contribution is 2.40. The molecule has 1 heterocycles. The monoisotopic (exact) mass is 224 g/mol. The van der Waals surface area contributed by atoms with Gasteiger partial charge < -0.3 is 9.52 Å². The van der Waals surface area contributed by atoms with Gasteiger partial charge in [-0.15, -0.1) is 0 Å². The molecule has 0 radical (unpaired) electrons. The molecule has 3 heteroatoms. The average Bonchev–Trinajstić information content (AvgIpc) is 2.58. The van der Waals surface area contributed by atoms with Crippen LogP contribution in [0.5, 0.6) is 5.75 Å². The fraction of sp³-hybridized carbons (Fsp3) is 0.333. The number of phenolic OH excluding ortho intramolecular Hbond substituents is 1. The summed E-state index contributed by atoms with van der Waals surface area (Å²) < 4.78 is 5.21. The third-order valence-corrected chi connectivity index (χ3v) is 2.75. The highest BCUT2D eigenvalue weighted by molar-refractivity contribution is 6.35. The summed E-state index contributed by atoms with van der Waals surface area (Å²) in [7, 11) is 0. The SMILES string of the molecule is CC(C)(C)c1cc(Cl)c2occc2c1O. The molecule has 15 heavy (non-hydrogen) atoms. The van der Waals surface area contributed by atoms with Gasteiger partial charge in [-0.25, -0.2) is 0 Å². The Morgan fingerprint density at radius 1 is 1.33 bits per heavy atom. The Kier molecular flexibility index (Phi) is 2.19. The summed E-state index contributed by atoms with van der Waals surface area (Å²) in [6.07, 6.45) is 1.53. The first kappa shape index (κ1) is 10.4. The van der Waals surface area contributed by atoms with E-state index in [1.165, 1.54) is 6.26 Å². The zero-order valence-electron chi connectivity index (χ0n) is 8.97. The second-order valence-electron chi connectivity index (χ2n) is 4.67. The summed E-state index contributed by atoms with van der Waals surface area (Å²) in [5, 5.41) is 11.3. The molecule has 0 atom stereocenters. The lowest BCUT2D eigenvalue weighted by Gasteiger charge is -2.20. The van der Waals surface area contributed by atoms with Gasteiger partial charge in [0.2, 0.25) is 0 Å².